The third-order valence-electron chi connectivity index (χ3n) is 12.3. The second-order valence-electron chi connectivity index (χ2n) is 16.2. The molecule has 15 heteroatoms. The van der Waals surface area contributed by atoms with Gasteiger partial charge >= 0.3 is 6.09 Å². The highest BCUT2D eigenvalue weighted by Crippen LogP contribution is 2.52. The average Bonchev–Trinajstić information content (AvgIpc) is 4.06. The van der Waals surface area contributed by atoms with Gasteiger partial charge in [-0.1, -0.05) is 25.0 Å². The summed E-state index contributed by atoms with van der Waals surface area (Å²) in [5, 5.41) is 16.0. The molecule has 2 aromatic rings. The van der Waals surface area contributed by atoms with Crippen molar-refractivity contribution in [3.63, 3.8) is 0 Å². The Balaban J connectivity index is 1.15. The van der Waals surface area contributed by atoms with Gasteiger partial charge in [0.25, 0.3) is 5.91 Å². The van der Waals surface area contributed by atoms with Gasteiger partial charge in [0.2, 0.25) is 21.8 Å². The number of allylic oxidation sites excluding steroid dienone is 1. The van der Waals surface area contributed by atoms with Crippen molar-refractivity contribution in [3.05, 3.63) is 41.6 Å². The number of aromatic nitrogens is 1. The predicted molar refractivity (Wildman–Crippen MR) is 193 cm³/mol. The third-order valence-corrected chi connectivity index (χ3v) is 14.5. The van der Waals surface area contributed by atoms with Crippen molar-refractivity contribution in [1.82, 2.24) is 25.2 Å². The topological polar surface area (TPSA) is 193 Å². The summed E-state index contributed by atoms with van der Waals surface area (Å²) in [4.78, 5) is 61.2. The van der Waals surface area contributed by atoms with E-state index < -0.39 is 67.7 Å². The molecule has 1 aromatic carbocycles. The summed E-state index contributed by atoms with van der Waals surface area (Å²) >= 11 is 0. The predicted octanol–water partition coefficient (Wildman–Crippen LogP) is 3.82. The number of ether oxygens (including phenoxy) is 2. The Kier molecular flexibility index (Phi) is 8.65. The maximum atomic E-state index is 14.6. The standard InChI is InChI=1S/C38H47N5O9S/c1-36(16-17-36)53(49,50)42-34(46)38-19-23(38)8-6-4-3-5-7-9-28(40-35(47)48)33(45)43-21-37(20-29(43)32(44)41-38)15-14-25-26-18-24(51-2)12-13-27(26)39-30(22-10-11-22)31(25)52-37/h6,8,12-13,18,22-23,28-29,40H,3-5,7,9-11,14-17,19-21H2,1-2H3,(H,41,44)(H,42,46)(H,47,48)/t23-,28+,29+,37-,38-/m1/s1. The molecule has 284 valence electrons. The highest BCUT2D eigenvalue weighted by atomic mass is 32.2. The van der Waals surface area contributed by atoms with E-state index in [1.807, 2.05) is 30.4 Å². The van der Waals surface area contributed by atoms with E-state index >= 15 is 0 Å². The van der Waals surface area contributed by atoms with Crippen LogP contribution in [0.15, 0.2) is 30.4 Å². The van der Waals surface area contributed by atoms with Crippen LogP contribution in [-0.4, -0.2) is 88.8 Å². The Morgan fingerprint density at radius 2 is 1.89 bits per heavy atom. The molecule has 0 bridgehead atoms. The number of aryl methyl sites for hydroxylation is 1. The monoisotopic (exact) mass is 749 g/mol. The summed E-state index contributed by atoms with van der Waals surface area (Å²) < 4.78 is 40.1. The maximum Gasteiger partial charge on any atom is 0.405 e. The molecule has 4 fully saturated rings. The fourth-order valence-electron chi connectivity index (χ4n) is 8.44. The minimum absolute atomic E-state index is 0.0245. The zero-order chi connectivity index (χ0) is 37.3. The zero-order valence-electron chi connectivity index (χ0n) is 30.1. The number of carbonyl (C=O) groups is 4. The first kappa shape index (κ1) is 35.6. The van der Waals surface area contributed by atoms with Crippen LogP contribution < -0.4 is 24.8 Å². The SMILES string of the molecule is COc1ccc2nc(C3CC3)c3c(c2c1)CC[C@]1(C[C@H]2C(=O)N[C@]4(C(=O)NS(=O)(=O)C5(C)CC5)C[C@H]4C=CCCCCC[C@H](NC(=O)O)C(=O)N2C1)O3. The van der Waals surface area contributed by atoms with Crippen molar-refractivity contribution >= 4 is 44.7 Å². The summed E-state index contributed by atoms with van der Waals surface area (Å²) in [5.74, 6) is -0.786. The number of hydrogen-bond donors (Lipinski definition) is 4. The number of fused-ring (bicyclic) bond motifs is 5. The van der Waals surface area contributed by atoms with E-state index in [1.54, 1.807) is 14.0 Å². The van der Waals surface area contributed by atoms with E-state index in [0.717, 1.165) is 47.8 Å². The lowest BCUT2D eigenvalue weighted by molar-refractivity contribution is -0.141. The van der Waals surface area contributed by atoms with Crippen LogP contribution in [0.2, 0.25) is 0 Å². The summed E-state index contributed by atoms with van der Waals surface area (Å²) in [6, 6.07) is 3.57. The van der Waals surface area contributed by atoms with Crippen LogP contribution in [0.3, 0.4) is 0 Å². The number of nitrogens with one attached hydrogen (secondary N) is 3. The van der Waals surface area contributed by atoms with Crippen molar-refractivity contribution in [2.45, 2.75) is 124 Å². The van der Waals surface area contributed by atoms with Crippen molar-refractivity contribution in [3.8, 4) is 11.5 Å². The van der Waals surface area contributed by atoms with Crippen molar-refractivity contribution in [2.24, 2.45) is 5.92 Å². The number of pyridine rings is 1. The lowest BCUT2D eigenvalue weighted by Crippen LogP contribution is -2.58. The Morgan fingerprint density at radius 3 is 2.60 bits per heavy atom. The summed E-state index contributed by atoms with van der Waals surface area (Å²) in [6.07, 6.45) is 9.70. The summed E-state index contributed by atoms with van der Waals surface area (Å²) in [5.41, 5.74) is 0.189. The molecule has 6 aliphatic rings. The molecule has 3 aliphatic carbocycles. The van der Waals surface area contributed by atoms with Crippen LogP contribution in [0, 0.1) is 5.92 Å². The van der Waals surface area contributed by atoms with Gasteiger partial charge in [0.1, 0.15) is 34.7 Å². The molecule has 4 amide bonds. The zero-order valence-corrected chi connectivity index (χ0v) is 30.9. The molecule has 53 heavy (non-hydrogen) atoms. The van der Waals surface area contributed by atoms with Gasteiger partial charge in [0.15, 0.2) is 0 Å². The Hall–Kier alpha value is -4.40. The number of benzene rings is 1. The van der Waals surface area contributed by atoms with Crippen molar-refractivity contribution in [1.29, 1.82) is 0 Å². The number of methoxy groups -OCH3 is 1. The van der Waals surface area contributed by atoms with Crippen LogP contribution in [-0.2, 0) is 30.8 Å². The molecule has 3 aliphatic heterocycles. The lowest BCUT2D eigenvalue weighted by atomic mass is 9.86. The van der Waals surface area contributed by atoms with E-state index in [9.17, 15) is 32.7 Å². The molecule has 1 aromatic heterocycles. The van der Waals surface area contributed by atoms with Gasteiger partial charge in [0.05, 0.1) is 29.6 Å². The molecule has 4 heterocycles. The minimum atomic E-state index is -3.99. The van der Waals surface area contributed by atoms with Gasteiger partial charge in [0, 0.05) is 29.2 Å². The maximum absolute atomic E-state index is 14.6. The molecule has 3 saturated carbocycles. The van der Waals surface area contributed by atoms with Crippen LogP contribution in [0.25, 0.3) is 10.9 Å². The van der Waals surface area contributed by atoms with Crippen molar-refractivity contribution < 1.29 is 42.2 Å². The number of carbonyl (C=O) groups excluding carboxylic acids is 3. The van der Waals surface area contributed by atoms with E-state index in [2.05, 4.69) is 15.4 Å². The largest absolute Gasteiger partial charge is 0.497 e. The second-order valence-corrected chi connectivity index (χ2v) is 18.4. The Labute approximate surface area is 308 Å². The number of nitrogens with zero attached hydrogens (tertiary/aromatic N) is 2. The van der Waals surface area contributed by atoms with Crippen LogP contribution in [0.5, 0.6) is 11.5 Å². The van der Waals surface area contributed by atoms with Crippen LogP contribution >= 0.6 is 0 Å². The van der Waals surface area contributed by atoms with Crippen LogP contribution in [0.1, 0.15) is 101 Å². The fourth-order valence-corrected chi connectivity index (χ4v) is 9.76. The quantitative estimate of drug-likeness (QED) is 0.316. The van der Waals surface area contributed by atoms with Gasteiger partial charge < -0.3 is 30.1 Å². The molecule has 1 spiro atoms. The van der Waals surface area contributed by atoms with Gasteiger partial charge in [-0.2, -0.15) is 0 Å². The van der Waals surface area contributed by atoms with Gasteiger partial charge in [-0.3, -0.25) is 19.1 Å². The highest BCUT2D eigenvalue weighted by molar-refractivity contribution is 7.91. The van der Waals surface area contributed by atoms with E-state index in [-0.39, 0.29) is 31.7 Å². The van der Waals surface area contributed by atoms with Crippen LogP contribution in [0.4, 0.5) is 4.79 Å². The first-order valence-electron chi connectivity index (χ1n) is 18.8. The smallest absolute Gasteiger partial charge is 0.405 e. The Morgan fingerprint density at radius 1 is 1.09 bits per heavy atom. The molecular weight excluding hydrogens is 703 g/mol. The van der Waals surface area contributed by atoms with Crippen molar-refractivity contribution in [2.75, 3.05) is 13.7 Å². The van der Waals surface area contributed by atoms with E-state index in [1.165, 1.54) is 4.90 Å². The molecule has 5 atom stereocenters. The van der Waals surface area contributed by atoms with Gasteiger partial charge in [-0.05, 0) is 89.3 Å². The van der Waals surface area contributed by atoms with Gasteiger partial charge in [-0.25, -0.2) is 18.2 Å². The number of rotatable bonds is 6. The third kappa shape index (κ3) is 6.48. The molecule has 1 saturated heterocycles. The minimum Gasteiger partial charge on any atom is -0.497 e. The second kappa shape index (κ2) is 12.9. The number of amides is 4. The fraction of sp³-hybridized carbons (Fsp3) is 0.605. The molecule has 0 unspecified atom stereocenters. The van der Waals surface area contributed by atoms with E-state index in [0.29, 0.717) is 50.0 Å². The Bertz CT molecular complexity index is 2030. The lowest BCUT2D eigenvalue weighted by Gasteiger charge is -2.37. The molecular formula is C38H47N5O9S. The molecule has 4 N–H and O–H groups in total. The number of hydrogen-bond acceptors (Lipinski definition) is 9. The normalized spacial score (nSPS) is 30.8. The molecule has 14 nitrogen and oxygen atoms in total. The summed E-state index contributed by atoms with van der Waals surface area (Å²) in [7, 11) is -2.38. The van der Waals surface area contributed by atoms with Gasteiger partial charge in [-0.15, -0.1) is 0 Å². The number of carboxylic acid groups (broad SMARTS) is 1. The number of sulfonamides is 1. The molecule has 8 rings (SSSR count). The highest BCUT2D eigenvalue weighted by Gasteiger charge is 2.64. The summed E-state index contributed by atoms with van der Waals surface area (Å²) in [6.45, 7) is 1.62. The first-order valence-corrected chi connectivity index (χ1v) is 20.3. The van der Waals surface area contributed by atoms with E-state index in [4.69, 9.17) is 14.5 Å². The molecule has 0 radical (unpaired) electrons. The first-order chi connectivity index (χ1) is 25.3. The average molecular weight is 750 g/mol.